The molecule has 53 heavy (non-hydrogen) atoms. The lowest BCUT2D eigenvalue weighted by Gasteiger charge is -2.19. The normalized spacial score (nSPS) is 13.8. The first-order valence-corrected chi connectivity index (χ1v) is 22.6. The topological polar surface area (TPSA) is 134 Å². The van der Waals surface area contributed by atoms with E-state index in [-0.39, 0.29) is 32.6 Å². The number of esters is 2. The highest BCUT2D eigenvalue weighted by Crippen LogP contribution is 2.43. The number of nitrogens with two attached hydrogens (primary N) is 1. The Balaban J connectivity index is 4.26. The zero-order valence-corrected chi connectivity index (χ0v) is 34.6. The Morgan fingerprint density at radius 1 is 0.566 bits per heavy atom. The number of hydrogen-bond acceptors (Lipinski definition) is 8. The van der Waals surface area contributed by atoms with Crippen LogP contribution >= 0.6 is 7.82 Å². The van der Waals surface area contributed by atoms with Crippen LogP contribution in [0.1, 0.15) is 181 Å². The summed E-state index contributed by atoms with van der Waals surface area (Å²) < 4.78 is 32.7. The van der Waals surface area contributed by atoms with E-state index in [0.717, 1.165) is 44.9 Å². The van der Waals surface area contributed by atoms with E-state index in [1.807, 2.05) is 6.08 Å². The Morgan fingerprint density at radius 2 is 1.00 bits per heavy atom. The predicted octanol–water partition coefficient (Wildman–Crippen LogP) is 11.9. The number of carbonyl (C=O) groups is 2. The lowest BCUT2D eigenvalue weighted by Crippen LogP contribution is -2.29. The fourth-order valence-electron chi connectivity index (χ4n) is 5.57. The largest absolute Gasteiger partial charge is 0.472 e. The molecule has 10 heteroatoms. The van der Waals surface area contributed by atoms with Crippen LogP contribution in [0.15, 0.2) is 48.6 Å². The van der Waals surface area contributed by atoms with Crippen molar-refractivity contribution < 1.29 is 37.6 Å². The molecular formula is C43H78NO8P. The van der Waals surface area contributed by atoms with Gasteiger partial charge in [-0.1, -0.05) is 165 Å². The minimum atomic E-state index is -4.39. The van der Waals surface area contributed by atoms with Gasteiger partial charge in [-0.15, -0.1) is 0 Å². The minimum absolute atomic E-state index is 0.0459. The summed E-state index contributed by atoms with van der Waals surface area (Å²) >= 11 is 0. The molecule has 0 heterocycles. The lowest BCUT2D eigenvalue weighted by atomic mass is 10.0. The number of hydrogen-bond donors (Lipinski definition) is 2. The van der Waals surface area contributed by atoms with Crippen molar-refractivity contribution in [1.29, 1.82) is 0 Å². The van der Waals surface area contributed by atoms with E-state index in [1.54, 1.807) is 0 Å². The number of ether oxygens (including phenoxy) is 2. The molecule has 0 saturated carbocycles. The third kappa shape index (κ3) is 39.5. The molecule has 0 bridgehead atoms. The predicted molar refractivity (Wildman–Crippen MR) is 220 cm³/mol. The van der Waals surface area contributed by atoms with E-state index >= 15 is 0 Å². The average Bonchev–Trinajstić information content (AvgIpc) is 3.14. The minimum Gasteiger partial charge on any atom is -0.462 e. The van der Waals surface area contributed by atoms with Crippen LogP contribution in [0.3, 0.4) is 0 Å². The first kappa shape index (κ1) is 51.0. The summed E-state index contributed by atoms with van der Waals surface area (Å²) in [6, 6.07) is 0. The van der Waals surface area contributed by atoms with Gasteiger partial charge < -0.3 is 20.1 Å². The summed E-state index contributed by atoms with van der Waals surface area (Å²) in [5.41, 5.74) is 5.34. The molecule has 0 aliphatic heterocycles. The molecule has 0 rings (SSSR count). The summed E-state index contributed by atoms with van der Waals surface area (Å²) in [4.78, 5) is 34.8. The second-order valence-corrected chi connectivity index (χ2v) is 15.3. The van der Waals surface area contributed by atoms with Crippen molar-refractivity contribution >= 4 is 19.8 Å². The highest BCUT2D eigenvalue weighted by molar-refractivity contribution is 7.47. The van der Waals surface area contributed by atoms with Crippen LogP contribution in [0, 0.1) is 0 Å². The molecule has 0 aromatic carbocycles. The van der Waals surface area contributed by atoms with Gasteiger partial charge in [0, 0.05) is 19.4 Å². The van der Waals surface area contributed by atoms with Crippen LogP contribution in [-0.2, 0) is 32.7 Å². The Bertz CT molecular complexity index is 1010. The van der Waals surface area contributed by atoms with Gasteiger partial charge in [-0.05, 0) is 51.4 Å². The highest BCUT2D eigenvalue weighted by atomic mass is 31.2. The van der Waals surface area contributed by atoms with Gasteiger partial charge in [0.05, 0.1) is 13.2 Å². The van der Waals surface area contributed by atoms with Crippen LogP contribution in [0.2, 0.25) is 0 Å². The smallest absolute Gasteiger partial charge is 0.462 e. The summed E-state index contributed by atoms with van der Waals surface area (Å²) in [5.74, 6) is -0.892. The molecule has 2 atom stereocenters. The Hall–Kier alpha value is -2.03. The van der Waals surface area contributed by atoms with E-state index in [2.05, 4.69) is 56.4 Å². The number of carbonyl (C=O) groups excluding carboxylic acids is 2. The maximum atomic E-state index is 12.6. The number of unbranched alkanes of at least 4 members (excludes halogenated alkanes) is 18. The van der Waals surface area contributed by atoms with Crippen molar-refractivity contribution in [2.75, 3.05) is 26.4 Å². The van der Waals surface area contributed by atoms with Crippen molar-refractivity contribution in [3.63, 3.8) is 0 Å². The molecule has 9 nitrogen and oxygen atoms in total. The molecule has 3 N–H and O–H groups in total. The lowest BCUT2D eigenvalue weighted by molar-refractivity contribution is -0.161. The Kier molecular flexibility index (Phi) is 38.1. The van der Waals surface area contributed by atoms with Gasteiger partial charge in [0.15, 0.2) is 6.10 Å². The van der Waals surface area contributed by atoms with Crippen molar-refractivity contribution in [2.24, 2.45) is 5.73 Å². The zero-order valence-electron chi connectivity index (χ0n) is 33.7. The fourth-order valence-corrected chi connectivity index (χ4v) is 6.33. The molecule has 308 valence electrons. The van der Waals surface area contributed by atoms with E-state index in [9.17, 15) is 19.0 Å². The average molecular weight is 768 g/mol. The highest BCUT2D eigenvalue weighted by Gasteiger charge is 2.25. The molecule has 0 aromatic rings. The second-order valence-electron chi connectivity index (χ2n) is 13.9. The maximum absolute atomic E-state index is 12.6. The SMILES string of the molecule is CCCCC/C=C/C/C=C/C/C=C/C/C=C/CCCC(=O)OC[C@H](COP(=O)(O)OCCN)OC(=O)CCCCCCCCCCCCCCCCC. The fraction of sp³-hybridized carbons (Fsp3) is 0.767. The van der Waals surface area contributed by atoms with Crippen LogP contribution in [0.5, 0.6) is 0 Å². The van der Waals surface area contributed by atoms with E-state index in [0.29, 0.717) is 12.8 Å². The summed E-state index contributed by atoms with van der Waals surface area (Å²) in [7, 11) is -4.39. The number of phosphoric acid groups is 1. The zero-order chi connectivity index (χ0) is 38.9. The van der Waals surface area contributed by atoms with Crippen molar-refractivity contribution in [3.05, 3.63) is 48.6 Å². The summed E-state index contributed by atoms with van der Waals surface area (Å²) in [5, 5.41) is 0. The van der Waals surface area contributed by atoms with Crippen LogP contribution in [-0.4, -0.2) is 49.3 Å². The van der Waals surface area contributed by atoms with Crippen LogP contribution in [0.4, 0.5) is 0 Å². The molecule has 0 aromatic heterocycles. The van der Waals surface area contributed by atoms with Gasteiger partial charge in [0.1, 0.15) is 6.61 Å². The van der Waals surface area contributed by atoms with Crippen molar-refractivity contribution in [1.82, 2.24) is 0 Å². The van der Waals surface area contributed by atoms with Gasteiger partial charge in [-0.3, -0.25) is 18.6 Å². The van der Waals surface area contributed by atoms with Gasteiger partial charge in [0.25, 0.3) is 0 Å². The van der Waals surface area contributed by atoms with Crippen molar-refractivity contribution in [3.8, 4) is 0 Å². The molecule has 0 fully saturated rings. The van der Waals surface area contributed by atoms with E-state index < -0.39 is 32.5 Å². The first-order chi connectivity index (χ1) is 25.8. The third-order valence-corrected chi connectivity index (χ3v) is 9.70. The number of phosphoric ester groups is 1. The van der Waals surface area contributed by atoms with Crippen molar-refractivity contribution in [2.45, 2.75) is 187 Å². The third-order valence-electron chi connectivity index (χ3n) is 8.72. The van der Waals surface area contributed by atoms with Crippen LogP contribution in [0.25, 0.3) is 0 Å². The molecule has 0 spiro atoms. The van der Waals surface area contributed by atoms with Gasteiger partial charge >= 0.3 is 19.8 Å². The van der Waals surface area contributed by atoms with E-state index in [4.69, 9.17) is 24.3 Å². The first-order valence-electron chi connectivity index (χ1n) is 21.1. The molecule has 0 amide bonds. The monoisotopic (exact) mass is 768 g/mol. The van der Waals surface area contributed by atoms with Gasteiger partial charge in [-0.2, -0.15) is 0 Å². The molecule has 0 saturated heterocycles. The molecule has 1 unspecified atom stereocenters. The maximum Gasteiger partial charge on any atom is 0.472 e. The summed E-state index contributed by atoms with van der Waals surface area (Å²) in [6.07, 6.45) is 44.3. The number of allylic oxidation sites excluding steroid dienone is 8. The quantitative estimate of drug-likeness (QED) is 0.0271. The number of rotatable bonds is 39. The van der Waals surface area contributed by atoms with E-state index in [1.165, 1.54) is 96.3 Å². The van der Waals surface area contributed by atoms with Gasteiger partial charge in [-0.25, -0.2) is 4.57 Å². The Labute approximate surface area is 324 Å². The van der Waals surface area contributed by atoms with Crippen LogP contribution < -0.4 is 5.73 Å². The second kappa shape index (κ2) is 39.7. The Morgan fingerprint density at radius 3 is 1.51 bits per heavy atom. The van der Waals surface area contributed by atoms with Gasteiger partial charge in [0.2, 0.25) is 0 Å². The molecule has 0 aliphatic carbocycles. The summed E-state index contributed by atoms with van der Waals surface area (Å²) in [6.45, 7) is 3.64. The molecule has 0 aliphatic rings. The molecular weight excluding hydrogens is 689 g/mol. The standard InChI is InChI=1S/C43H78NO8P/c1-3-5-7-9-11-13-15-17-19-20-22-23-25-27-29-31-33-35-42(45)49-39-41(40-51-53(47,48)50-38-37-44)52-43(46)36-34-32-30-28-26-24-21-18-16-14-12-10-8-6-4-2/h11,13,17,19,22-23,27,29,41H,3-10,12,14-16,18,20-21,24-26,28,30-40,44H2,1-2H3,(H,47,48)/b13-11+,19-17+,23-22+,29-27+/t41-/m1/s1. The molecule has 0 radical (unpaired) electrons.